The van der Waals surface area contributed by atoms with Gasteiger partial charge in [0.15, 0.2) is 0 Å². The number of amides is 2. The van der Waals surface area contributed by atoms with Gasteiger partial charge in [0.2, 0.25) is 11.8 Å². The molecular formula is C8H13NO3. The first-order chi connectivity index (χ1) is 5.49. The number of hydrogen-bond acceptors (Lipinski definition) is 3. The Morgan fingerprint density at radius 3 is 2.33 bits per heavy atom. The molecule has 0 aromatic carbocycles. The molecule has 68 valence electrons. The Bertz CT molecular complexity index is 200. The highest BCUT2D eigenvalue weighted by molar-refractivity contribution is 5.94. The number of carbonyl (C=O) groups excluding carboxylic acids is 3. The number of aldehydes is 1. The highest BCUT2D eigenvalue weighted by Crippen LogP contribution is 2.01. The summed E-state index contributed by atoms with van der Waals surface area (Å²) in [4.78, 5) is 33.0. The zero-order chi connectivity index (χ0) is 9.72. The quantitative estimate of drug-likeness (QED) is 0.570. The van der Waals surface area contributed by atoms with E-state index in [1.165, 1.54) is 14.0 Å². The van der Waals surface area contributed by atoms with Gasteiger partial charge in [0, 0.05) is 26.3 Å². The van der Waals surface area contributed by atoms with Crippen molar-refractivity contribution < 1.29 is 14.4 Å². The molecule has 1 unspecified atom stereocenters. The Balaban J connectivity index is 4.04. The van der Waals surface area contributed by atoms with Crippen LogP contribution in [0.25, 0.3) is 0 Å². The Morgan fingerprint density at radius 2 is 2.00 bits per heavy atom. The molecule has 0 fully saturated rings. The fourth-order valence-electron chi connectivity index (χ4n) is 0.636. The fraction of sp³-hybridized carbons (Fsp3) is 0.625. The SMILES string of the molecule is CC(=O)N(C)C(=O)CC(C)C=O. The summed E-state index contributed by atoms with van der Waals surface area (Å²) in [6.45, 7) is 2.95. The Morgan fingerprint density at radius 1 is 1.50 bits per heavy atom. The van der Waals surface area contributed by atoms with Crippen LogP contribution in [-0.4, -0.2) is 30.0 Å². The van der Waals surface area contributed by atoms with Crippen molar-refractivity contribution in [3.63, 3.8) is 0 Å². The van der Waals surface area contributed by atoms with Gasteiger partial charge in [0.1, 0.15) is 6.29 Å². The maximum absolute atomic E-state index is 11.1. The summed E-state index contributed by atoms with van der Waals surface area (Å²) in [6, 6.07) is 0. The van der Waals surface area contributed by atoms with Crippen molar-refractivity contribution in [1.82, 2.24) is 4.90 Å². The van der Waals surface area contributed by atoms with Crippen molar-refractivity contribution in [2.24, 2.45) is 5.92 Å². The van der Waals surface area contributed by atoms with Gasteiger partial charge in [0.25, 0.3) is 0 Å². The monoisotopic (exact) mass is 171 g/mol. The van der Waals surface area contributed by atoms with Crippen molar-refractivity contribution in [1.29, 1.82) is 0 Å². The molecule has 0 aliphatic heterocycles. The van der Waals surface area contributed by atoms with Crippen LogP contribution in [0.5, 0.6) is 0 Å². The number of imide groups is 1. The molecule has 4 heteroatoms. The Labute approximate surface area is 71.5 Å². The largest absolute Gasteiger partial charge is 0.303 e. The van der Waals surface area contributed by atoms with Crippen LogP contribution in [0, 0.1) is 5.92 Å². The first kappa shape index (κ1) is 10.8. The van der Waals surface area contributed by atoms with Crippen LogP contribution in [0.1, 0.15) is 20.3 Å². The van der Waals surface area contributed by atoms with Gasteiger partial charge in [-0.2, -0.15) is 0 Å². The molecule has 0 aromatic heterocycles. The molecule has 0 aromatic rings. The molecule has 0 spiro atoms. The summed E-state index contributed by atoms with van der Waals surface area (Å²) in [5.41, 5.74) is 0. The van der Waals surface area contributed by atoms with Crippen LogP contribution in [0.4, 0.5) is 0 Å². The van der Waals surface area contributed by atoms with Gasteiger partial charge in [-0.1, -0.05) is 6.92 Å². The average Bonchev–Trinajstić information content (AvgIpc) is 2.02. The van der Waals surface area contributed by atoms with E-state index in [1.807, 2.05) is 0 Å². The molecule has 1 atom stereocenters. The standard InChI is InChI=1S/C8H13NO3/c1-6(5-10)4-8(12)9(3)7(2)11/h5-6H,4H2,1-3H3. The minimum absolute atomic E-state index is 0.0968. The number of nitrogens with zero attached hydrogens (tertiary/aromatic N) is 1. The van der Waals surface area contributed by atoms with Gasteiger partial charge in [-0.15, -0.1) is 0 Å². The molecule has 0 rings (SSSR count). The summed E-state index contributed by atoms with van der Waals surface area (Å²) < 4.78 is 0. The minimum atomic E-state index is -0.320. The van der Waals surface area contributed by atoms with Crippen LogP contribution in [0.3, 0.4) is 0 Å². The summed E-state index contributed by atoms with van der Waals surface area (Å²) in [5.74, 6) is -0.945. The van der Waals surface area contributed by atoms with E-state index in [1.54, 1.807) is 6.92 Å². The van der Waals surface area contributed by atoms with E-state index in [9.17, 15) is 14.4 Å². The highest BCUT2D eigenvalue weighted by Gasteiger charge is 2.15. The van der Waals surface area contributed by atoms with E-state index < -0.39 is 0 Å². The lowest BCUT2D eigenvalue weighted by atomic mass is 10.1. The second-order valence-corrected chi connectivity index (χ2v) is 2.79. The zero-order valence-corrected chi connectivity index (χ0v) is 7.53. The summed E-state index contributed by atoms with van der Waals surface area (Å²) in [5, 5.41) is 0. The smallest absolute Gasteiger partial charge is 0.229 e. The number of rotatable bonds is 3. The first-order valence-electron chi connectivity index (χ1n) is 3.71. The van der Waals surface area contributed by atoms with Crippen LogP contribution in [0.2, 0.25) is 0 Å². The van der Waals surface area contributed by atoms with Crippen LogP contribution in [0.15, 0.2) is 0 Å². The molecule has 0 N–H and O–H groups in total. The van der Waals surface area contributed by atoms with Gasteiger partial charge >= 0.3 is 0 Å². The third-order valence-corrected chi connectivity index (χ3v) is 1.58. The molecule has 12 heavy (non-hydrogen) atoms. The zero-order valence-electron chi connectivity index (χ0n) is 7.53. The van der Waals surface area contributed by atoms with E-state index >= 15 is 0 Å². The summed E-state index contributed by atoms with van der Waals surface area (Å²) >= 11 is 0. The van der Waals surface area contributed by atoms with Gasteiger partial charge < -0.3 is 4.79 Å². The van der Waals surface area contributed by atoms with Crippen molar-refractivity contribution in [2.45, 2.75) is 20.3 Å². The van der Waals surface area contributed by atoms with Gasteiger partial charge in [-0.3, -0.25) is 14.5 Å². The number of hydrogen-bond donors (Lipinski definition) is 0. The third kappa shape index (κ3) is 3.27. The van der Waals surface area contributed by atoms with Gasteiger partial charge in [0.05, 0.1) is 0 Å². The molecule has 0 aliphatic rings. The van der Waals surface area contributed by atoms with Crippen molar-refractivity contribution in [2.75, 3.05) is 7.05 Å². The molecule has 0 heterocycles. The highest BCUT2D eigenvalue weighted by atomic mass is 16.2. The van der Waals surface area contributed by atoms with E-state index in [0.29, 0.717) is 6.29 Å². The van der Waals surface area contributed by atoms with Crippen LogP contribution < -0.4 is 0 Å². The molecule has 0 radical (unpaired) electrons. The van der Waals surface area contributed by atoms with Crippen LogP contribution >= 0.6 is 0 Å². The van der Waals surface area contributed by atoms with Gasteiger partial charge in [-0.05, 0) is 0 Å². The minimum Gasteiger partial charge on any atom is -0.303 e. The Kier molecular flexibility index (Phi) is 4.18. The van der Waals surface area contributed by atoms with Crippen molar-refractivity contribution >= 4 is 18.1 Å². The predicted octanol–water partition coefficient (Wildman–Crippen LogP) is 0.216. The molecular weight excluding hydrogens is 158 g/mol. The van der Waals surface area contributed by atoms with Crippen LogP contribution in [-0.2, 0) is 14.4 Å². The van der Waals surface area contributed by atoms with E-state index in [4.69, 9.17) is 0 Å². The maximum atomic E-state index is 11.1. The molecule has 0 aliphatic carbocycles. The lowest BCUT2D eigenvalue weighted by Crippen LogP contribution is -2.32. The number of carbonyl (C=O) groups is 3. The lowest BCUT2D eigenvalue weighted by molar-refractivity contribution is -0.142. The van der Waals surface area contributed by atoms with Crippen molar-refractivity contribution in [3.05, 3.63) is 0 Å². The fourth-order valence-corrected chi connectivity index (χ4v) is 0.636. The second-order valence-electron chi connectivity index (χ2n) is 2.79. The average molecular weight is 171 g/mol. The second kappa shape index (κ2) is 4.64. The maximum Gasteiger partial charge on any atom is 0.229 e. The molecule has 4 nitrogen and oxygen atoms in total. The summed E-state index contributed by atoms with van der Waals surface area (Å²) in [6.07, 6.45) is 0.797. The molecule has 2 amide bonds. The van der Waals surface area contributed by atoms with E-state index in [2.05, 4.69) is 0 Å². The lowest BCUT2D eigenvalue weighted by Gasteiger charge is -2.13. The molecule has 0 saturated carbocycles. The van der Waals surface area contributed by atoms with E-state index in [0.717, 1.165) is 4.90 Å². The predicted molar refractivity (Wildman–Crippen MR) is 43.3 cm³/mol. The first-order valence-corrected chi connectivity index (χ1v) is 3.71. The molecule has 0 bridgehead atoms. The van der Waals surface area contributed by atoms with E-state index in [-0.39, 0.29) is 24.2 Å². The van der Waals surface area contributed by atoms with Gasteiger partial charge in [-0.25, -0.2) is 0 Å². The third-order valence-electron chi connectivity index (χ3n) is 1.58. The molecule has 0 saturated heterocycles. The normalized spacial score (nSPS) is 11.9. The summed E-state index contributed by atoms with van der Waals surface area (Å²) in [7, 11) is 1.40. The van der Waals surface area contributed by atoms with Crippen molar-refractivity contribution in [3.8, 4) is 0 Å². The topological polar surface area (TPSA) is 54.5 Å². The Hall–Kier alpha value is -1.19.